The van der Waals surface area contributed by atoms with E-state index in [4.69, 9.17) is 0 Å². The van der Waals surface area contributed by atoms with Crippen LogP contribution in [0.15, 0.2) is 24.3 Å². The first-order valence-corrected chi connectivity index (χ1v) is 7.24. The molecule has 108 valence electrons. The molecule has 4 nitrogen and oxygen atoms in total. The van der Waals surface area contributed by atoms with E-state index in [1.165, 1.54) is 21.9 Å². The van der Waals surface area contributed by atoms with E-state index in [1.54, 1.807) is 6.07 Å². The van der Waals surface area contributed by atoms with Crippen LogP contribution in [0.2, 0.25) is 0 Å². The molecule has 0 atom stereocenters. The minimum Gasteiger partial charge on any atom is -0.183 e. The summed E-state index contributed by atoms with van der Waals surface area (Å²) < 4.78 is 39.9. The molecule has 4 rings (SSSR count). The quantitative estimate of drug-likeness (QED) is 0.724. The first kappa shape index (κ1) is 12.8. The van der Waals surface area contributed by atoms with Crippen molar-refractivity contribution in [3.63, 3.8) is 0 Å². The Morgan fingerprint density at radius 2 is 2.00 bits per heavy atom. The van der Waals surface area contributed by atoms with Gasteiger partial charge in [-0.1, -0.05) is 23.5 Å². The Bertz CT molecular complexity index is 816. The lowest BCUT2D eigenvalue weighted by Gasteiger charge is -2.07. The Labute approximate surface area is 121 Å². The van der Waals surface area contributed by atoms with Gasteiger partial charge in [0.05, 0.1) is 5.56 Å². The summed E-state index contributed by atoms with van der Waals surface area (Å²) in [6, 6.07) is 5.07. The summed E-state index contributed by atoms with van der Waals surface area (Å²) in [6.07, 6.45) is -2.15. The monoisotopic (exact) mass is 310 g/mol. The lowest BCUT2D eigenvalue weighted by molar-refractivity contribution is -0.137. The summed E-state index contributed by atoms with van der Waals surface area (Å²) in [4.78, 5) is 0.615. The second kappa shape index (κ2) is 4.27. The standard InChI is InChI=1S/C13H9F3N4S/c14-13(15,16)9-3-1-2-8(6-9)10-17-18-12-20(10)19-11(21-12)7-4-5-7/h1-3,6-7H,4-5H2. The number of hydrogen-bond acceptors (Lipinski definition) is 4. The predicted molar refractivity (Wildman–Crippen MR) is 71.1 cm³/mol. The molecule has 3 aromatic rings. The smallest absolute Gasteiger partial charge is 0.183 e. The fraction of sp³-hybridized carbons (Fsp3) is 0.308. The van der Waals surface area contributed by atoms with Crippen molar-refractivity contribution in [2.45, 2.75) is 24.9 Å². The van der Waals surface area contributed by atoms with Gasteiger partial charge in [0.2, 0.25) is 4.96 Å². The third-order valence-electron chi connectivity index (χ3n) is 3.38. The lowest BCUT2D eigenvalue weighted by atomic mass is 10.1. The van der Waals surface area contributed by atoms with Crippen LogP contribution in [0.5, 0.6) is 0 Å². The molecule has 0 saturated heterocycles. The second-order valence-electron chi connectivity index (χ2n) is 5.01. The Balaban J connectivity index is 1.82. The number of nitrogens with zero attached hydrogens (tertiary/aromatic N) is 4. The van der Waals surface area contributed by atoms with Gasteiger partial charge in [-0.2, -0.15) is 22.8 Å². The molecule has 0 N–H and O–H groups in total. The molecule has 2 aromatic heterocycles. The third-order valence-corrected chi connectivity index (χ3v) is 4.44. The van der Waals surface area contributed by atoms with Crippen molar-refractivity contribution in [2.75, 3.05) is 0 Å². The zero-order valence-electron chi connectivity index (χ0n) is 10.6. The van der Waals surface area contributed by atoms with Gasteiger partial charge >= 0.3 is 6.18 Å². The molecule has 1 aliphatic rings. The summed E-state index contributed by atoms with van der Waals surface area (Å²) in [7, 11) is 0. The maximum Gasteiger partial charge on any atom is 0.416 e. The van der Waals surface area contributed by atoms with E-state index >= 15 is 0 Å². The van der Waals surface area contributed by atoms with E-state index in [9.17, 15) is 13.2 Å². The van der Waals surface area contributed by atoms with Gasteiger partial charge in [-0.15, -0.1) is 10.2 Å². The highest BCUT2D eigenvalue weighted by Crippen LogP contribution is 2.42. The molecule has 21 heavy (non-hydrogen) atoms. The van der Waals surface area contributed by atoms with Gasteiger partial charge in [0, 0.05) is 11.5 Å². The van der Waals surface area contributed by atoms with Crippen LogP contribution < -0.4 is 0 Å². The maximum atomic E-state index is 12.8. The van der Waals surface area contributed by atoms with Crippen LogP contribution in [-0.2, 0) is 6.18 Å². The Hall–Kier alpha value is -1.96. The molecule has 1 aliphatic carbocycles. The van der Waals surface area contributed by atoms with E-state index in [1.807, 2.05) is 0 Å². The molecular weight excluding hydrogens is 301 g/mol. The molecule has 0 bridgehead atoms. The number of alkyl halides is 3. The zero-order valence-corrected chi connectivity index (χ0v) is 11.4. The summed E-state index contributed by atoms with van der Waals surface area (Å²) in [6.45, 7) is 0. The average Bonchev–Trinajstić information content (AvgIpc) is 3.08. The van der Waals surface area contributed by atoms with Crippen molar-refractivity contribution >= 4 is 16.3 Å². The first-order valence-electron chi connectivity index (χ1n) is 6.42. The van der Waals surface area contributed by atoms with Crippen LogP contribution in [0.3, 0.4) is 0 Å². The van der Waals surface area contributed by atoms with E-state index < -0.39 is 11.7 Å². The van der Waals surface area contributed by atoms with Crippen molar-refractivity contribution in [3.05, 3.63) is 34.8 Å². The largest absolute Gasteiger partial charge is 0.416 e. The molecule has 0 amide bonds. The van der Waals surface area contributed by atoms with Crippen LogP contribution in [-0.4, -0.2) is 19.8 Å². The number of rotatable bonds is 2. The zero-order chi connectivity index (χ0) is 14.6. The van der Waals surface area contributed by atoms with Crippen molar-refractivity contribution in [3.8, 4) is 11.4 Å². The molecule has 2 heterocycles. The van der Waals surface area contributed by atoms with Crippen LogP contribution in [0.4, 0.5) is 13.2 Å². The maximum absolute atomic E-state index is 12.8. The van der Waals surface area contributed by atoms with Crippen molar-refractivity contribution < 1.29 is 13.2 Å². The molecule has 8 heteroatoms. The highest BCUT2D eigenvalue weighted by molar-refractivity contribution is 7.16. The summed E-state index contributed by atoms with van der Waals surface area (Å²) in [5, 5.41) is 13.4. The highest BCUT2D eigenvalue weighted by Gasteiger charge is 2.31. The molecule has 0 radical (unpaired) electrons. The van der Waals surface area contributed by atoms with Gasteiger partial charge in [0.1, 0.15) is 5.01 Å². The SMILES string of the molecule is FC(F)(F)c1cccc(-c2nnc3sc(C4CC4)nn23)c1. The number of fused-ring (bicyclic) bond motifs is 1. The number of halogens is 3. The second-order valence-corrected chi connectivity index (χ2v) is 6.00. The van der Waals surface area contributed by atoms with Crippen molar-refractivity contribution in [1.82, 2.24) is 19.8 Å². The van der Waals surface area contributed by atoms with E-state index in [0.29, 0.717) is 22.3 Å². The van der Waals surface area contributed by atoms with Gasteiger partial charge in [-0.3, -0.25) is 0 Å². The van der Waals surface area contributed by atoms with Gasteiger partial charge in [-0.05, 0) is 25.0 Å². The van der Waals surface area contributed by atoms with Gasteiger partial charge in [0.15, 0.2) is 5.82 Å². The van der Waals surface area contributed by atoms with E-state index in [0.717, 1.165) is 30.0 Å². The van der Waals surface area contributed by atoms with Crippen molar-refractivity contribution in [2.24, 2.45) is 0 Å². The molecular formula is C13H9F3N4S. The lowest BCUT2D eigenvalue weighted by Crippen LogP contribution is -2.05. The normalized spacial score (nSPS) is 15.8. The fourth-order valence-corrected chi connectivity index (χ4v) is 3.15. The first-order chi connectivity index (χ1) is 10.0. The van der Waals surface area contributed by atoms with Gasteiger partial charge < -0.3 is 0 Å². The Morgan fingerprint density at radius 3 is 2.71 bits per heavy atom. The number of benzene rings is 1. The molecule has 1 fully saturated rings. The van der Waals surface area contributed by atoms with Gasteiger partial charge in [0.25, 0.3) is 0 Å². The molecule has 1 saturated carbocycles. The minimum atomic E-state index is -4.37. The number of hydrogen-bond donors (Lipinski definition) is 0. The van der Waals surface area contributed by atoms with Crippen LogP contribution >= 0.6 is 11.3 Å². The molecule has 0 aliphatic heterocycles. The van der Waals surface area contributed by atoms with Crippen LogP contribution in [0.25, 0.3) is 16.3 Å². The van der Waals surface area contributed by atoms with Crippen LogP contribution in [0, 0.1) is 0 Å². The Kier molecular flexibility index (Phi) is 2.59. The topological polar surface area (TPSA) is 43.1 Å². The Morgan fingerprint density at radius 1 is 1.19 bits per heavy atom. The van der Waals surface area contributed by atoms with E-state index in [-0.39, 0.29) is 0 Å². The van der Waals surface area contributed by atoms with E-state index in [2.05, 4.69) is 15.3 Å². The molecule has 0 unspecified atom stereocenters. The van der Waals surface area contributed by atoms with Crippen molar-refractivity contribution in [1.29, 1.82) is 0 Å². The predicted octanol–water partition coefficient (Wildman–Crippen LogP) is 3.75. The number of aromatic nitrogens is 4. The minimum absolute atomic E-state index is 0.347. The molecule has 0 spiro atoms. The third kappa shape index (κ3) is 2.19. The summed E-state index contributed by atoms with van der Waals surface area (Å²) >= 11 is 1.45. The van der Waals surface area contributed by atoms with Gasteiger partial charge in [-0.25, -0.2) is 0 Å². The summed E-state index contributed by atoms with van der Waals surface area (Å²) in [5.74, 6) is 0.824. The van der Waals surface area contributed by atoms with Crippen LogP contribution in [0.1, 0.15) is 29.3 Å². The summed E-state index contributed by atoms with van der Waals surface area (Å²) in [5.41, 5.74) is -0.334. The highest BCUT2D eigenvalue weighted by atomic mass is 32.1. The fourth-order valence-electron chi connectivity index (χ4n) is 2.14. The average molecular weight is 310 g/mol. The molecule has 1 aromatic carbocycles.